The molecule has 0 amide bonds. The molecular weight excluding hydrogens is 465 g/mol. The molecule has 0 fully saturated rings. The quantitative estimate of drug-likeness (QED) is 0.162. The van der Waals surface area contributed by atoms with E-state index in [1.807, 2.05) is 42.5 Å². The van der Waals surface area contributed by atoms with E-state index in [1.165, 1.54) is 0 Å². The molecule has 23 heavy (non-hydrogen) atoms. The maximum atomic E-state index is 6.69. The van der Waals surface area contributed by atoms with E-state index in [1.54, 1.807) is 12.4 Å². The number of pyridine rings is 2. The second-order valence-corrected chi connectivity index (χ2v) is 4.71. The Kier molecular flexibility index (Phi) is 6.08. The van der Waals surface area contributed by atoms with Crippen LogP contribution in [0.2, 0.25) is 0 Å². The topological polar surface area (TPSA) is 25.8 Å². The Morgan fingerprint density at radius 3 is 1.61 bits per heavy atom. The van der Waals surface area contributed by atoms with Crippen LogP contribution in [0.15, 0.2) is 79.1 Å². The number of rotatable bonds is 0. The fourth-order valence-corrected chi connectivity index (χ4v) is 2.20. The Balaban J connectivity index is 0.000000185. The minimum absolute atomic E-state index is 0. The SMILES string of the molecule is [Au+].[C-]#Cc1ccccc1.c1cnc2c(c1)ccc1cccnc12. The van der Waals surface area contributed by atoms with E-state index in [4.69, 9.17) is 6.42 Å². The maximum Gasteiger partial charge on any atom is 1.00 e. The number of benzene rings is 2. The molecule has 0 bridgehead atoms. The first kappa shape index (κ1) is 16.9. The molecule has 2 heterocycles. The van der Waals surface area contributed by atoms with E-state index >= 15 is 0 Å². The first-order valence-corrected chi connectivity index (χ1v) is 6.95. The third-order valence-electron chi connectivity index (χ3n) is 3.26. The summed E-state index contributed by atoms with van der Waals surface area (Å²) in [4.78, 5) is 8.69. The molecule has 4 rings (SSSR count). The van der Waals surface area contributed by atoms with Crippen molar-refractivity contribution in [3.05, 3.63) is 91.1 Å². The van der Waals surface area contributed by atoms with Crippen molar-refractivity contribution in [2.75, 3.05) is 0 Å². The Bertz CT molecular complexity index is 889. The number of aromatic nitrogens is 2. The van der Waals surface area contributed by atoms with Crippen molar-refractivity contribution in [3.63, 3.8) is 0 Å². The summed E-state index contributed by atoms with van der Waals surface area (Å²) in [6.45, 7) is 0. The maximum absolute atomic E-state index is 6.69. The summed E-state index contributed by atoms with van der Waals surface area (Å²) in [7, 11) is 0. The number of hydrogen-bond acceptors (Lipinski definition) is 2. The van der Waals surface area contributed by atoms with Gasteiger partial charge >= 0.3 is 22.4 Å². The Morgan fingerprint density at radius 1 is 0.652 bits per heavy atom. The fourth-order valence-electron chi connectivity index (χ4n) is 2.20. The van der Waals surface area contributed by atoms with Crippen molar-refractivity contribution >= 4 is 21.8 Å². The van der Waals surface area contributed by atoms with Crippen LogP contribution in [0, 0.1) is 12.3 Å². The van der Waals surface area contributed by atoms with Crippen molar-refractivity contribution in [2.45, 2.75) is 0 Å². The van der Waals surface area contributed by atoms with Gasteiger partial charge in [-0.2, -0.15) is 0 Å². The van der Waals surface area contributed by atoms with Gasteiger partial charge in [0, 0.05) is 23.2 Å². The zero-order valence-electron chi connectivity index (χ0n) is 12.2. The smallest absolute Gasteiger partial charge is 0.366 e. The van der Waals surface area contributed by atoms with Gasteiger partial charge < -0.3 is 6.42 Å². The van der Waals surface area contributed by atoms with Gasteiger partial charge in [-0.3, -0.25) is 15.9 Å². The van der Waals surface area contributed by atoms with Crippen LogP contribution in [-0.4, -0.2) is 9.97 Å². The molecular formula is C20H13AuN2. The summed E-state index contributed by atoms with van der Waals surface area (Å²) in [6.07, 6.45) is 10.3. The van der Waals surface area contributed by atoms with Crippen LogP contribution < -0.4 is 0 Å². The fraction of sp³-hybridized carbons (Fsp3) is 0. The van der Waals surface area contributed by atoms with Crippen molar-refractivity contribution in [3.8, 4) is 5.92 Å². The van der Waals surface area contributed by atoms with Gasteiger partial charge in [-0.15, -0.1) is 17.7 Å². The summed E-state index contributed by atoms with van der Waals surface area (Å²) >= 11 is 0. The summed E-state index contributed by atoms with van der Waals surface area (Å²) in [5, 5.41) is 2.28. The van der Waals surface area contributed by atoms with Gasteiger partial charge in [0.2, 0.25) is 0 Å². The van der Waals surface area contributed by atoms with Crippen LogP contribution in [0.5, 0.6) is 0 Å². The predicted molar refractivity (Wildman–Crippen MR) is 89.7 cm³/mol. The van der Waals surface area contributed by atoms with Crippen molar-refractivity contribution in [2.24, 2.45) is 0 Å². The second-order valence-electron chi connectivity index (χ2n) is 4.71. The van der Waals surface area contributed by atoms with E-state index in [2.05, 4.69) is 40.2 Å². The normalized spacial score (nSPS) is 9.35. The van der Waals surface area contributed by atoms with Crippen molar-refractivity contribution < 1.29 is 22.4 Å². The van der Waals surface area contributed by atoms with Crippen molar-refractivity contribution in [1.82, 2.24) is 9.97 Å². The molecule has 0 N–H and O–H groups in total. The molecule has 0 atom stereocenters. The van der Waals surface area contributed by atoms with Crippen LogP contribution in [0.4, 0.5) is 0 Å². The summed E-state index contributed by atoms with van der Waals surface area (Å²) in [6, 6.07) is 21.5. The molecule has 4 aromatic rings. The van der Waals surface area contributed by atoms with Gasteiger partial charge in [-0.1, -0.05) is 42.5 Å². The standard InChI is InChI=1S/C12H8N2.C8H5.Au/c1-3-9-5-6-10-4-2-8-14-12(10)11(9)13-7-1;1-2-8-6-4-3-5-7-8;/h1-8H;3-7H;/q;-1;+1. The average molecular weight is 478 g/mol. The molecule has 0 saturated carbocycles. The minimum Gasteiger partial charge on any atom is -0.366 e. The van der Waals surface area contributed by atoms with Gasteiger partial charge in [-0.25, -0.2) is 0 Å². The average Bonchev–Trinajstić information content (AvgIpc) is 2.63. The molecule has 2 aromatic carbocycles. The molecule has 2 aromatic heterocycles. The van der Waals surface area contributed by atoms with E-state index in [0.717, 1.165) is 27.4 Å². The van der Waals surface area contributed by atoms with Crippen LogP contribution in [0.25, 0.3) is 21.8 Å². The monoisotopic (exact) mass is 478 g/mol. The van der Waals surface area contributed by atoms with Crippen LogP contribution in [0.3, 0.4) is 0 Å². The number of nitrogens with zero attached hydrogens (tertiary/aromatic N) is 2. The number of hydrogen-bond donors (Lipinski definition) is 0. The zero-order chi connectivity index (χ0) is 15.2. The molecule has 2 nitrogen and oxygen atoms in total. The molecule has 0 radical (unpaired) electrons. The third kappa shape index (κ3) is 4.06. The van der Waals surface area contributed by atoms with Crippen LogP contribution in [0.1, 0.15) is 5.56 Å². The second kappa shape index (κ2) is 8.26. The van der Waals surface area contributed by atoms with Gasteiger partial charge in [-0.05, 0) is 12.1 Å². The van der Waals surface area contributed by atoms with Crippen molar-refractivity contribution in [1.29, 1.82) is 0 Å². The molecule has 0 spiro atoms. The first-order valence-electron chi connectivity index (χ1n) is 6.95. The Morgan fingerprint density at radius 2 is 1.17 bits per heavy atom. The first-order chi connectivity index (χ1) is 10.9. The largest absolute Gasteiger partial charge is 1.00 e. The molecule has 3 heteroatoms. The van der Waals surface area contributed by atoms with Crippen LogP contribution in [-0.2, 0) is 22.4 Å². The van der Waals surface area contributed by atoms with E-state index in [-0.39, 0.29) is 22.4 Å². The summed E-state index contributed by atoms with van der Waals surface area (Å²) in [5.41, 5.74) is 2.78. The molecule has 0 saturated heterocycles. The van der Waals surface area contributed by atoms with Crippen LogP contribution >= 0.6 is 0 Å². The van der Waals surface area contributed by atoms with E-state index in [0.29, 0.717) is 0 Å². The number of fused-ring (bicyclic) bond motifs is 3. The predicted octanol–water partition coefficient (Wildman–Crippen LogP) is 4.40. The van der Waals surface area contributed by atoms with Gasteiger partial charge in [0.05, 0.1) is 11.0 Å². The molecule has 0 unspecified atom stereocenters. The summed E-state index contributed by atoms with van der Waals surface area (Å²) in [5.74, 6) is 2.28. The van der Waals surface area contributed by atoms with Gasteiger partial charge in [0.1, 0.15) is 0 Å². The molecule has 0 aliphatic carbocycles. The molecule has 0 aliphatic heterocycles. The minimum atomic E-state index is 0. The summed E-state index contributed by atoms with van der Waals surface area (Å²) < 4.78 is 0. The van der Waals surface area contributed by atoms with Gasteiger partial charge in [0.15, 0.2) is 0 Å². The molecule has 0 aliphatic rings. The Hall–Kier alpha value is -2.44. The third-order valence-corrected chi connectivity index (χ3v) is 3.26. The van der Waals surface area contributed by atoms with E-state index < -0.39 is 0 Å². The Labute approximate surface area is 151 Å². The van der Waals surface area contributed by atoms with E-state index in [9.17, 15) is 0 Å². The van der Waals surface area contributed by atoms with Gasteiger partial charge in [0.25, 0.3) is 0 Å². The zero-order valence-corrected chi connectivity index (χ0v) is 14.4. The molecule has 114 valence electrons.